The Morgan fingerprint density at radius 2 is 1.95 bits per heavy atom. The van der Waals surface area contributed by atoms with E-state index in [2.05, 4.69) is 4.74 Å². The molecule has 0 unspecified atom stereocenters. The number of benzene rings is 1. The van der Waals surface area contributed by atoms with E-state index in [4.69, 9.17) is 5.11 Å². The summed E-state index contributed by atoms with van der Waals surface area (Å²) in [5.74, 6) is -2.01. The Balaban J connectivity index is 3.04. The van der Waals surface area contributed by atoms with Crippen LogP contribution >= 0.6 is 0 Å². The number of rotatable bonds is 5. The van der Waals surface area contributed by atoms with E-state index in [1.807, 2.05) is 0 Å². The molecule has 0 aliphatic heterocycles. The predicted molar refractivity (Wildman–Crippen MR) is 54.0 cm³/mol. The van der Waals surface area contributed by atoms with Crippen molar-refractivity contribution < 1.29 is 36.6 Å². The summed E-state index contributed by atoms with van der Waals surface area (Å²) in [6.45, 7) is 0. The molecule has 1 aromatic rings. The maximum atomic E-state index is 12.4. The van der Waals surface area contributed by atoms with Gasteiger partial charge in [0.1, 0.15) is 5.75 Å². The van der Waals surface area contributed by atoms with Crippen LogP contribution in [0.15, 0.2) is 18.2 Å². The van der Waals surface area contributed by atoms with Crippen molar-refractivity contribution in [2.45, 2.75) is 25.6 Å². The summed E-state index contributed by atoms with van der Waals surface area (Å²) in [4.78, 5) is 10.4. The van der Waals surface area contributed by atoms with Gasteiger partial charge in [0.25, 0.3) is 6.43 Å². The van der Waals surface area contributed by atoms with Crippen LogP contribution < -0.4 is 4.74 Å². The van der Waals surface area contributed by atoms with Crippen molar-refractivity contribution in [3.05, 3.63) is 29.3 Å². The molecule has 8 heteroatoms. The Labute approximate surface area is 104 Å². The van der Waals surface area contributed by atoms with Crippen molar-refractivity contribution in [3.8, 4) is 5.75 Å². The van der Waals surface area contributed by atoms with Gasteiger partial charge in [0.2, 0.25) is 0 Å². The van der Waals surface area contributed by atoms with E-state index in [1.165, 1.54) is 0 Å². The SMILES string of the molecule is O=C(O)CCc1ccc(C(F)F)cc1OC(F)(F)F. The zero-order valence-corrected chi connectivity index (χ0v) is 9.38. The molecule has 0 atom stereocenters. The molecule has 0 aliphatic rings. The maximum absolute atomic E-state index is 12.4. The molecule has 0 saturated carbocycles. The molecule has 0 amide bonds. The van der Waals surface area contributed by atoms with E-state index in [0.717, 1.165) is 12.1 Å². The first-order valence-electron chi connectivity index (χ1n) is 5.07. The first-order valence-corrected chi connectivity index (χ1v) is 5.07. The lowest BCUT2D eigenvalue weighted by Gasteiger charge is -2.14. The highest BCUT2D eigenvalue weighted by Crippen LogP contribution is 2.31. The normalized spacial score (nSPS) is 11.7. The third-order valence-corrected chi connectivity index (χ3v) is 2.18. The number of carbonyl (C=O) groups is 1. The number of carboxylic acids is 1. The number of hydrogen-bond acceptors (Lipinski definition) is 2. The molecule has 19 heavy (non-hydrogen) atoms. The Hall–Kier alpha value is -1.86. The minimum atomic E-state index is -5.03. The molecule has 0 aliphatic carbocycles. The van der Waals surface area contributed by atoms with Crippen LogP contribution in [0.2, 0.25) is 0 Å². The number of carboxylic acid groups (broad SMARTS) is 1. The molecule has 106 valence electrons. The summed E-state index contributed by atoms with van der Waals surface area (Å²) in [7, 11) is 0. The van der Waals surface area contributed by atoms with Crippen molar-refractivity contribution >= 4 is 5.97 Å². The average Bonchev–Trinajstić information content (AvgIpc) is 2.24. The van der Waals surface area contributed by atoms with E-state index in [-0.39, 0.29) is 12.0 Å². The van der Waals surface area contributed by atoms with Gasteiger partial charge in [0.05, 0.1) is 0 Å². The van der Waals surface area contributed by atoms with Crippen molar-refractivity contribution in [1.82, 2.24) is 0 Å². The first-order chi connectivity index (χ1) is 8.69. The summed E-state index contributed by atoms with van der Waals surface area (Å²) in [6.07, 6.45) is -8.64. The average molecular weight is 284 g/mol. The maximum Gasteiger partial charge on any atom is 0.573 e. The molecule has 0 saturated heterocycles. The highest BCUT2D eigenvalue weighted by molar-refractivity contribution is 5.67. The molecule has 0 bridgehead atoms. The largest absolute Gasteiger partial charge is 0.573 e. The Kier molecular flexibility index (Phi) is 4.68. The van der Waals surface area contributed by atoms with Crippen LogP contribution in [0.3, 0.4) is 0 Å². The lowest BCUT2D eigenvalue weighted by molar-refractivity contribution is -0.274. The van der Waals surface area contributed by atoms with Gasteiger partial charge in [-0.3, -0.25) is 4.79 Å². The van der Waals surface area contributed by atoms with Gasteiger partial charge in [-0.25, -0.2) is 8.78 Å². The molecule has 3 nitrogen and oxygen atoms in total. The molecule has 1 N–H and O–H groups in total. The Bertz CT molecular complexity index is 456. The minimum absolute atomic E-state index is 0.0934. The van der Waals surface area contributed by atoms with Gasteiger partial charge in [-0.05, 0) is 18.1 Å². The highest BCUT2D eigenvalue weighted by atomic mass is 19.4. The topological polar surface area (TPSA) is 46.5 Å². The molecular weight excluding hydrogens is 275 g/mol. The molecule has 0 aromatic heterocycles. The minimum Gasteiger partial charge on any atom is -0.481 e. The molecular formula is C11H9F5O3. The van der Waals surface area contributed by atoms with Crippen molar-refractivity contribution in [2.75, 3.05) is 0 Å². The smallest absolute Gasteiger partial charge is 0.481 e. The number of aryl methyl sites for hydroxylation is 1. The molecule has 0 radical (unpaired) electrons. The Morgan fingerprint density at radius 1 is 1.32 bits per heavy atom. The van der Waals surface area contributed by atoms with Crippen LogP contribution in [0, 0.1) is 0 Å². The number of aliphatic carboxylic acids is 1. The zero-order valence-electron chi connectivity index (χ0n) is 9.38. The van der Waals surface area contributed by atoms with Crippen molar-refractivity contribution in [3.63, 3.8) is 0 Å². The van der Waals surface area contributed by atoms with Crippen LogP contribution in [0.5, 0.6) is 5.75 Å². The second-order valence-corrected chi connectivity index (χ2v) is 3.61. The third kappa shape index (κ3) is 5.11. The van der Waals surface area contributed by atoms with E-state index in [0.29, 0.717) is 6.07 Å². The monoisotopic (exact) mass is 284 g/mol. The van der Waals surface area contributed by atoms with Gasteiger partial charge in [0.15, 0.2) is 0 Å². The standard InChI is InChI=1S/C11H9F5O3/c12-10(13)7-2-1-6(3-4-9(17)18)8(5-7)19-11(14,15)16/h1-2,5,10H,3-4H2,(H,17,18). The lowest BCUT2D eigenvalue weighted by atomic mass is 10.1. The van der Waals surface area contributed by atoms with Crippen LogP contribution in [-0.2, 0) is 11.2 Å². The number of halogens is 5. The molecule has 0 spiro atoms. The van der Waals surface area contributed by atoms with E-state index in [1.54, 1.807) is 0 Å². The van der Waals surface area contributed by atoms with Gasteiger partial charge in [-0.2, -0.15) is 0 Å². The fourth-order valence-electron chi connectivity index (χ4n) is 1.37. The van der Waals surface area contributed by atoms with Gasteiger partial charge >= 0.3 is 12.3 Å². The molecule has 0 fully saturated rings. The number of alkyl halides is 5. The van der Waals surface area contributed by atoms with Gasteiger partial charge in [-0.15, -0.1) is 13.2 Å². The summed E-state index contributed by atoms with van der Waals surface area (Å²) in [5, 5.41) is 8.46. The first kappa shape index (κ1) is 15.2. The second-order valence-electron chi connectivity index (χ2n) is 3.61. The highest BCUT2D eigenvalue weighted by Gasteiger charge is 2.32. The summed E-state index contributed by atoms with van der Waals surface area (Å²) in [6, 6.07) is 2.51. The lowest BCUT2D eigenvalue weighted by Crippen LogP contribution is -2.18. The van der Waals surface area contributed by atoms with E-state index in [9.17, 15) is 26.7 Å². The summed E-state index contributed by atoms with van der Waals surface area (Å²) < 4.78 is 64.8. The van der Waals surface area contributed by atoms with E-state index < -0.39 is 36.5 Å². The van der Waals surface area contributed by atoms with Crippen molar-refractivity contribution in [1.29, 1.82) is 0 Å². The van der Waals surface area contributed by atoms with Crippen LogP contribution in [0.1, 0.15) is 24.0 Å². The fraction of sp³-hybridized carbons (Fsp3) is 0.364. The second kappa shape index (κ2) is 5.85. The van der Waals surface area contributed by atoms with Crippen LogP contribution in [0.4, 0.5) is 22.0 Å². The number of ether oxygens (including phenoxy) is 1. The summed E-state index contributed by atoms with van der Waals surface area (Å²) in [5.41, 5.74) is -0.720. The van der Waals surface area contributed by atoms with Gasteiger partial charge in [-0.1, -0.05) is 12.1 Å². The summed E-state index contributed by atoms with van der Waals surface area (Å²) >= 11 is 0. The predicted octanol–water partition coefficient (Wildman–Crippen LogP) is 3.54. The Morgan fingerprint density at radius 3 is 2.42 bits per heavy atom. The van der Waals surface area contributed by atoms with E-state index >= 15 is 0 Å². The van der Waals surface area contributed by atoms with Crippen LogP contribution in [0.25, 0.3) is 0 Å². The van der Waals surface area contributed by atoms with Gasteiger partial charge in [0, 0.05) is 12.0 Å². The van der Waals surface area contributed by atoms with Crippen LogP contribution in [-0.4, -0.2) is 17.4 Å². The van der Waals surface area contributed by atoms with Gasteiger partial charge < -0.3 is 9.84 Å². The zero-order chi connectivity index (χ0) is 14.6. The fourth-order valence-corrected chi connectivity index (χ4v) is 1.37. The molecule has 1 rings (SSSR count). The van der Waals surface area contributed by atoms with Crippen molar-refractivity contribution in [2.24, 2.45) is 0 Å². The third-order valence-electron chi connectivity index (χ3n) is 2.18. The molecule has 0 heterocycles. The molecule has 1 aromatic carbocycles. The quantitative estimate of drug-likeness (QED) is 0.841. The number of hydrogen-bond donors (Lipinski definition) is 1.